The smallest absolute Gasteiger partial charge is 0.294 e. The zero-order valence-electron chi connectivity index (χ0n) is 7.04. The summed E-state index contributed by atoms with van der Waals surface area (Å²) in [6.45, 7) is 0. The van der Waals surface area contributed by atoms with Crippen molar-refractivity contribution in [2.24, 2.45) is 0 Å². The Morgan fingerprint density at radius 2 is 2.00 bits per heavy atom. The first kappa shape index (κ1) is 8.58. The predicted molar refractivity (Wildman–Crippen MR) is 47.6 cm³/mol. The van der Waals surface area contributed by atoms with Crippen LogP contribution in [-0.2, 0) is 4.89 Å². The van der Waals surface area contributed by atoms with Crippen LogP contribution in [-0.4, -0.2) is 21.2 Å². The summed E-state index contributed by atoms with van der Waals surface area (Å²) in [4.78, 5) is 22.4. The number of benzene rings is 1. The molecule has 0 aliphatic carbocycles. The van der Waals surface area contributed by atoms with Crippen LogP contribution in [0.15, 0.2) is 30.5 Å². The highest BCUT2D eigenvalue weighted by atomic mass is 17.1. The van der Waals surface area contributed by atoms with Crippen LogP contribution >= 0.6 is 0 Å². The number of rotatable bonds is 1. The van der Waals surface area contributed by atoms with Crippen molar-refractivity contribution in [3.8, 4) is 0 Å². The summed E-state index contributed by atoms with van der Waals surface area (Å²) in [5.74, 6) is -0.914. The van der Waals surface area contributed by atoms with E-state index in [1.54, 1.807) is 18.2 Å². The summed E-state index contributed by atoms with van der Waals surface area (Å²) < 4.78 is 0. The Morgan fingerprint density at radius 3 is 2.71 bits per heavy atom. The van der Waals surface area contributed by atoms with Crippen LogP contribution in [0.5, 0.6) is 0 Å². The van der Waals surface area contributed by atoms with Crippen molar-refractivity contribution >= 4 is 17.0 Å². The second-order valence-electron chi connectivity index (χ2n) is 2.62. The summed E-state index contributed by atoms with van der Waals surface area (Å²) in [7, 11) is 0. The van der Waals surface area contributed by atoms with Gasteiger partial charge in [0.1, 0.15) is 0 Å². The van der Waals surface area contributed by atoms with Crippen LogP contribution < -0.4 is 0 Å². The third kappa shape index (κ3) is 1.40. The molecule has 1 aromatic heterocycles. The van der Waals surface area contributed by atoms with Gasteiger partial charge in [0.15, 0.2) is 5.69 Å². The Balaban J connectivity index is 2.56. The van der Waals surface area contributed by atoms with Gasteiger partial charge in [-0.15, -0.1) is 0 Å². The topological polar surface area (TPSA) is 72.3 Å². The third-order valence-electron chi connectivity index (χ3n) is 1.74. The summed E-state index contributed by atoms with van der Waals surface area (Å²) >= 11 is 0. The highest BCUT2D eigenvalue weighted by molar-refractivity contribution is 5.88. The Labute approximate surface area is 78.9 Å². The Hall–Kier alpha value is -2.01. The number of carbonyl (C=O) groups is 1. The molecule has 2 rings (SSSR count). The van der Waals surface area contributed by atoms with Crippen molar-refractivity contribution < 1.29 is 14.9 Å². The van der Waals surface area contributed by atoms with Gasteiger partial charge in [0.05, 0.1) is 17.2 Å². The van der Waals surface area contributed by atoms with Gasteiger partial charge in [0.25, 0.3) is 0 Å². The highest BCUT2D eigenvalue weighted by Gasteiger charge is 2.09. The van der Waals surface area contributed by atoms with Gasteiger partial charge in [-0.05, 0) is 12.1 Å². The maximum atomic E-state index is 10.9. The fraction of sp³-hybridized carbons (Fsp3) is 0. The maximum absolute atomic E-state index is 10.9. The lowest BCUT2D eigenvalue weighted by molar-refractivity contribution is -0.183. The molecular weight excluding hydrogens is 184 g/mol. The van der Waals surface area contributed by atoms with E-state index in [-0.39, 0.29) is 5.69 Å². The van der Waals surface area contributed by atoms with E-state index in [4.69, 9.17) is 5.26 Å². The van der Waals surface area contributed by atoms with Crippen molar-refractivity contribution in [3.63, 3.8) is 0 Å². The predicted octanol–water partition coefficient (Wildman–Crippen LogP) is 1.26. The van der Waals surface area contributed by atoms with Gasteiger partial charge in [0.2, 0.25) is 0 Å². The second-order valence-corrected chi connectivity index (χ2v) is 2.62. The first-order valence-corrected chi connectivity index (χ1v) is 3.89. The standard InChI is InChI=1S/C9H6N2O3/c12-9(14-13)8-5-10-6-3-1-2-4-7(6)11-8/h1-5,13H. The first-order chi connectivity index (χ1) is 6.81. The zero-order valence-corrected chi connectivity index (χ0v) is 7.04. The Bertz CT molecular complexity index is 484. The van der Waals surface area contributed by atoms with E-state index < -0.39 is 5.97 Å². The van der Waals surface area contributed by atoms with E-state index in [2.05, 4.69) is 14.9 Å². The molecule has 0 saturated carbocycles. The van der Waals surface area contributed by atoms with E-state index in [0.29, 0.717) is 11.0 Å². The number of hydrogen-bond acceptors (Lipinski definition) is 5. The molecule has 0 unspecified atom stereocenters. The van der Waals surface area contributed by atoms with Crippen molar-refractivity contribution in [1.29, 1.82) is 0 Å². The van der Waals surface area contributed by atoms with Crippen LogP contribution in [0.25, 0.3) is 11.0 Å². The van der Waals surface area contributed by atoms with E-state index in [9.17, 15) is 4.79 Å². The van der Waals surface area contributed by atoms with Gasteiger partial charge in [-0.2, -0.15) is 5.26 Å². The number of para-hydroxylation sites is 2. The molecule has 0 saturated heterocycles. The fourth-order valence-electron chi connectivity index (χ4n) is 1.10. The summed E-state index contributed by atoms with van der Waals surface area (Å²) in [5, 5.41) is 8.14. The molecule has 1 aromatic carbocycles. The molecule has 0 amide bonds. The van der Waals surface area contributed by atoms with Gasteiger partial charge in [-0.25, -0.2) is 9.78 Å². The van der Waals surface area contributed by atoms with Crippen molar-refractivity contribution in [2.75, 3.05) is 0 Å². The van der Waals surface area contributed by atoms with Crippen molar-refractivity contribution in [1.82, 2.24) is 9.97 Å². The quantitative estimate of drug-likeness (QED) is 0.541. The minimum Gasteiger partial charge on any atom is -0.294 e. The lowest BCUT2D eigenvalue weighted by atomic mass is 10.3. The first-order valence-electron chi connectivity index (χ1n) is 3.89. The SMILES string of the molecule is O=C(OO)c1cnc2ccccc2n1. The number of hydrogen-bond donors (Lipinski definition) is 1. The average molecular weight is 190 g/mol. The molecule has 0 bridgehead atoms. The molecule has 70 valence electrons. The van der Waals surface area contributed by atoms with Gasteiger partial charge in [-0.1, -0.05) is 12.1 Å². The van der Waals surface area contributed by atoms with E-state index in [1.807, 2.05) is 6.07 Å². The molecule has 0 radical (unpaired) electrons. The van der Waals surface area contributed by atoms with Crippen molar-refractivity contribution in [2.45, 2.75) is 0 Å². The van der Waals surface area contributed by atoms with Gasteiger partial charge >= 0.3 is 5.97 Å². The Kier molecular flexibility index (Phi) is 2.08. The van der Waals surface area contributed by atoms with E-state index in [1.165, 1.54) is 6.20 Å². The zero-order chi connectivity index (χ0) is 9.97. The highest BCUT2D eigenvalue weighted by Crippen LogP contribution is 2.08. The number of carbonyl (C=O) groups excluding carboxylic acids is 1. The average Bonchev–Trinajstić information content (AvgIpc) is 2.27. The van der Waals surface area contributed by atoms with Crippen LogP contribution in [0.1, 0.15) is 10.5 Å². The van der Waals surface area contributed by atoms with E-state index >= 15 is 0 Å². The molecule has 1 heterocycles. The van der Waals surface area contributed by atoms with Crippen LogP contribution in [0, 0.1) is 0 Å². The maximum Gasteiger partial charge on any atom is 0.392 e. The normalized spacial score (nSPS) is 10.1. The third-order valence-corrected chi connectivity index (χ3v) is 1.74. The molecular formula is C9H6N2O3. The summed E-state index contributed by atoms with van der Waals surface area (Å²) in [6, 6.07) is 7.10. The van der Waals surface area contributed by atoms with Gasteiger partial charge < -0.3 is 0 Å². The van der Waals surface area contributed by atoms with Crippen LogP contribution in [0.2, 0.25) is 0 Å². The minimum absolute atomic E-state index is 0.0220. The second kappa shape index (κ2) is 3.39. The van der Waals surface area contributed by atoms with Crippen LogP contribution in [0.4, 0.5) is 0 Å². The molecule has 5 heteroatoms. The molecule has 0 aliphatic heterocycles. The number of aromatic nitrogens is 2. The Morgan fingerprint density at radius 1 is 1.29 bits per heavy atom. The molecule has 14 heavy (non-hydrogen) atoms. The number of nitrogens with zero attached hydrogens (tertiary/aromatic N) is 2. The van der Waals surface area contributed by atoms with Crippen molar-refractivity contribution in [3.05, 3.63) is 36.2 Å². The lowest BCUT2D eigenvalue weighted by Crippen LogP contribution is -2.05. The fourth-order valence-corrected chi connectivity index (χ4v) is 1.10. The van der Waals surface area contributed by atoms with Crippen LogP contribution in [0.3, 0.4) is 0 Å². The van der Waals surface area contributed by atoms with E-state index in [0.717, 1.165) is 0 Å². The largest absolute Gasteiger partial charge is 0.392 e. The van der Waals surface area contributed by atoms with Gasteiger partial charge in [-0.3, -0.25) is 9.87 Å². The molecule has 0 fully saturated rings. The molecule has 0 atom stereocenters. The summed E-state index contributed by atoms with van der Waals surface area (Å²) in [5.41, 5.74) is 1.24. The molecule has 1 N–H and O–H groups in total. The molecule has 2 aromatic rings. The monoisotopic (exact) mass is 190 g/mol. The minimum atomic E-state index is -0.914. The van der Waals surface area contributed by atoms with Gasteiger partial charge in [0, 0.05) is 0 Å². The molecule has 0 aliphatic rings. The molecule has 0 spiro atoms. The molecule has 5 nitrogen and oxygen atoms in total. The number of fused-ring (bicyclic) bond motifs is 1. The summed E-state index contributed by atoms with van der Waals surface area (Å²) in [6.07, 6.45) is 1.25. The lowest BCUT2D eigenvalue weighted by Gasteiger charge is -1.98.